The Morgan fingerprint density at radius 3 is 2.37 bits per heavy atom. The van der Waals surface area contributed by atoms with Gasteiger partial charge < -0.3 is 24.2 Å². The zero-order valence-corrected chi connectivity index (χ0v) is 15.4. The summed E-state index contributed by atoms with van der Waals surface area (Å²) in [5.41, 5.74) is 1.09. The summed E-state index contributed by atoms with van der Waals surface area (Å²) >= 11 is 0. The van der Waals surface area contributed by atoms with Gasteiger partial charge in [0.25, 0.3) is 5.91 Å². The van der Waals surface area contributed by atoms with Crippen LogP contribution in [-0.2, 0) is 9.53 Å². The lowest BCUT2D eigenvalue weighted by Gasteiger charge is -2.19. The molecule has 2 aromatic rings. The highest BCUT2D eigenvalue weighted by molar-refractivity contribution is 6.07. The van der Waals surface area contributed by atoms with E-state index in [1.807, 2.05) is 6.92 Å². The van der Waals surface area contributed by atoms with Crippen LogP contribution in [0.25, 0.3) is 0 Å². The van der Waals surface area contributed by atoms with Gasteiger partial charge in [0.2, 0.25) is 0 Å². The molecule has 7 nitrogen and oxygen atoms in total. The van der Waals surface area contributed by atoms with E-state index < -0.39 is 12.6 Å². The van der Waals surface area contributed by atoms with Crippen LogP contribution >= 0.6 is 0 Å². The number of para-hydroxylation sites is 1. The van der Waals surface area contributed by atoms with Crippen LogP contribution in [0.4, 0.5) is 5.69 Å². The third-order valence-corrected chi connectivity index (χ3v) is 3.70. The summed E-state index contributed by atoms with van der Waals surface area (Å²) in [4.78, 5) is 24.9. The fourth-order valence-corrected chi connectivity index (χ4v) is 2.33. The van der Waals surface area contributed by atoms with Crippen molar-refractivity contribution in [3.05, 3.63) is 54.1 Å². The van der Waals surface area contributed by atoms with Crippen molar-refractivity contribution >= 4 is 17.6 Å². The molecule has 0 saturated heterocycles. The van der Waals surface area contributed by atoms with Crippen LogP contribution in [0, 0.1) is 0 Å². The van der Waals surface area contributed by atoms with Crippen molar-refractivity contribution in [1.29, 1.82) is 0 Å². The van der Waals surface area contributed by atoms with E-state index in [1.54, 1.807) is 55.6 Å². The lowest BCUT2D eigenvalue weighted by Crippen LogP contribution is -2.26. The first-order valence-corrected chi connectivity index (χ1v) is 8.55. The molecule has 0 heterocycles. The molecule has 27 heavy (non-hydrogen) atoms. The van der Waals surface area contributed by atoms with Crippen LogP contribution in [0.1, 0.15) is 17.3 Å². The van der Waals surface area contributed by atoms with Crippen molar-refractivity contribution in [2.45, 2.75) is 6.92 Å². The molecule has 1 N–H and O–H groups in total. The van der Waals surface area contributed by atoms with Gasteiger partial charge in [0.15, 0.2) is 6.61 Å². The molecule has 0 aliphatic heterocycles. The monoisotopic (exact) mass is 373 g/mol. The maximum atomic E-state index is 12.9. The Hall–Kier alpha value is -3.06. The number of rotatable bonds is 10. The molecule has 144 valence electrons. The highest BCUT2D eigenvalue weighted by Crippen LogP contribution is 2.24. The lowest BCUT2D eigenvalue weighted by atomic mass is 10.1. The zero-order chi connectivity index (χ0) is 19.6. The lowest BCUT2D eigenvalue weighted by molar-refractivity contribution is -0.139. The SMILES string of the molecule is CCOCCOc1ccccc1C(=O)N(C)c1ccc(OCC(=O)O)cc1. The average molecular weight is 373 g/mol. The summed E-state index contributed by atoms with van der Waals surface area (Å²) in [6, 6.07) is 13.6. The van der Waals surface area contributed by atoms with E-state index in [0.29, 0.717) is 42.6 Å². The minimum Gasteiger partial charge on any atom is -0.490 e. The van der Waals surface area contributed by atoms with Gasteiger partial charge >= 0.3 is 5.97 Å². The number of amides is 1. The van der Waals surface area contributed by atoms with Crippen LogP contribution in [0.2, 0.25) is 0 Å². The first-order valence-electron chi connectivity index (χ1n) is 8.55. The molecule has 1 amide bonds. The number of carbonyl (C=O) groups is 2. The molecule has 2 rings (SSSR count). The summed E-state index contributed by atoms with van der Waals surface area (Å²) in [5, 5.41) is 8.64. The summed E-state index contributed by atoms with van der Waals surface area (Å²) in [7, 11) is 1.66. The van der Waals surface area contributed by atoms with Crippen molar-refractivity contribution in [3.8, 4) is 11.5 Å². The Bertz CT molecular complexity index is 759. The molecule has 0 aromatic heterocycles. The van der Waals surface area contributed by atoms with Gasteiger partial charge in [-0.25, -0.2) is 4.79 Å². The quantitative estimate of drug-likeness (QED) is 0.645. The maximum absolute atomic E-state index is 12.9. The molecule has 7 heteroatoms. The molecule has 0 radical (unpaired) electrons. The van der Waals surface area contributed by atoms with Crippen LogP contribution in [0.3, 0.4) is 0 Å². The highest BCUT2D eigenvalue weighted by atomic mass is 16.5. The molecule has 0 spiro atoms. The normalized spacial score (nSPS) is 10.3. The second kappa shape index (κ2) is 10.2. The topological polar surface area (TPSA) is 85.3 Å². The fourth-order valence-electron chi connectivity index (χ4n) is 2.33. The van der Waals surface area contributed by atoms with Crippen molar-refractivity contribution < 1.29 is 28.9 Å². The summed E-state index contributed by atoms with van der Waals surface area (Å²) in [5.74, 6) is -0.356. The summed E-state index contributed by atoms with van der Waals surface area (Å²) in [6.07, 6.45) is 0. The molecule has 2 aromatic carbocycles. The van der Waals surface area contributed by atoms with E-state index >= 15 is 0 Å². The van der Waals surface area contributed by atoms with Crippen LogP contribution < -0.4 is 14.4 Å². The zero-order valence-electron chi connectivity index (χ0n) is 15.4. The van der Waals surface area contributed by atoms with Crippen LogP contribution in [0.15, 0.2) is 48.5 Å². The van der Waals surface area contributed by atoms with E-state index in [4.69, 9.17) is 19.3 Å². The minimum atomic E-state index is -1.05. The van der Waals surface area contributed by atoms with Crippen molar-refractivity contribution in [1.82, 2.24) is 0 Å². The van der Waals surface area contributed by atoms with Gasteiger partial charge in [-0.15, -0.1) is 0 Å². The van der Waals surface area contributed by atoms with E-state index in [9.17, 15) is 9.59 Å². The number of carbonyl (C=O) groups excluding carboxylic acids is 1. The Kier molecular flexibility index (Phi) is 7.63. The molecular formula is C20H23NO6. The van der Waals surface area contributed by atoms with Crippen molar-refractivity contribution in [2.24, 2.45) is 0 Å². The predicted octanol–water partition coefficient (Wildman–Crippen LogP) is 2.84. The number of carboxylic acid groups (broad SMARTS) is 1. The first kappa shape index (κ1) is 20.3. The number of aliphatic carboxylic acids is 1. The van der Waals surface area contributed by atoms with Gasteiger partial charge in [-0.2, -0.15) is 0 Å². The molecule has 0 aliphatic carbocycles. The van der Waals surface area contributed by atoms with Gasteiger partial charge in [-0.05, 0) is 43.3 Å². The molecule has 0 bridgehead atoms. The van der Waals surface area contributed by atoms with Gasteiger partial charge in [-0.3, -0.25) is 4.79 Å². The Morgan fingerprint density at radius 1 is 1.00 bits per heavy atom. The number of ether oxygens (including phenoxy) is 3. The Balaban J connectivity index is 2.07. The van der Waals surface area contributed by atoms with Crippen molar-refractivity contribution in [2.75, 3.05) is 38.4 Å². The van der Waals surface area contributed by atoms with Crippen LogP contribution in [0.5, 0.6) is 11.5 Å². The predicted molar refractivity (Wildman–Crippen MR) is 101 cm³/mol. The number of anilines is 1. The summed E-state index contributed by atoms with van der Waals surface area (Å²) < 4.78 is 16.0. The van der Waals surface area contributed by atoms with Crippen molar-refractivity contribution in [3.63, 3.8) is 0 Å². The van der Waals surface area contributed by atoms with Gasteiger partial charge in [0.1, 0.15) is 18.1 Å². The minimum absolute atomic E-state index is 0.221. The number of carboxylic acids is 1. The largest absolute Gasteiger partial charge is 0.490 e. The summed E-state index contributed by atoms with van der Waals surface area (Å²) in [6.45, 7) is 2.91. The molecule has 0 saturated carbocycles. The van der Waals surface area contributed by atoms with E-state index in [2.05, 4.69) is 0 Å². The smallest absolute Gasteiger partial charge is 0.341 e. The highest BCUT2D eigenvalue weighted by Gasteiger charge is 2.18. The molecule has 0 fully saturated rings. The average Bonchev–Trinajstić information content (AvgIpc) is 2.69. The van der Waals surface area contributed by atoms with E-state index in [-0.39, 0.29) is 5.91 Å². The maximum Gasteiger partial charge on any atom is 0.341 e. The Morgan fingerprint density at radius 2 is 1.70 bits per heavy atom. The second-order valence-corrected chi connectivity index (χ2v) is 5.58. The standard InChI is InChI=1S/C20H23NO6/c1-3-25-12-13-26-18-7-5-4-6-17(18)20(24)21(2)15-8-10-16(11-9-15)27-14-19(22)23/h4-11H,3,12-14H2,1-2H3,(H,22,23). The number of hydrogen-bond acceptors (Lipinski definition) is 5. The Labute approximate surface area is 158 Å². The number of nitrogens with zero attached hydrogens (tertiary/aromatic N) is 1. The van der Waals surface area contributed by atoms with E-state index in [1.165, 1.54) is 4.90 Å². The third-order valence-electron chi connectivity index (χ3n) is 3.70. The van der Waals surface area contributed by atoms with E-state index in [0.717, 1.165) is 0 Å². The van der Waals surface area contributed by atoms with Gasteiger partial charge in [0, 0.05) is 19.3 Å². The number of benzene rings is 2. The molecule has 0 aliphatic rings. The molecule has 0 unspecified atom stereocenters. The molecule has 0 atom stereocenters. The van der Waals surface area contributed by atoms with Gasteiger partial charge in [-0.1, -0.05) is 12.1 Å². The molecular weight excluding hydrogens is 350 g/mol. The first-order chi connectivity index (χ1) is 13.0. The third kappa shape index (κ3) is 6.00. The fraction of sp³-hybridized carbons (Fsp3) is 0.300. The van der Waals surface area contributed by atoms with Gasteiger partial charge in [0.05, 0.1) is 12.2 Å². The van der Waals surface area contributed by atoms with Crippen LogP contribution in [-0.4, -0.2) is 50.5 Å². The number of hydrogen-bond donors (Lipinski definition) is 1. The second-order valence-electron chi connectivity index (χ2n) is 5.58.